The maximum Gasteiger partial charge on any atom is 0.142 e. The maximum absolute atomic E-state index is 5.87. The van der Waals surface area contributed by atoms with Crippen LogP contribution in [0.1, 0.15) is 34.9 Å². The van der Waals surface area contributed by atoms with E-state index < -0.39 is 0 Å². The van der Waals surface area contributed by atoms with Crippen LogP contribution in [0.4, 0.5) is 5.69 Å². The summed E-state index contributed by atoms with van der Waals surface area (Å²) >= 11 is 3.69. The summed E-state index contributed by atoms with van der Waals surface area (Å²) in [5.74, 6) is 3.12. The van der Waals surface area contributed by atoms with Crippen molar-refractivity contribution in [3.05, 3.63) is 87.7 Å². The fourth-order valence-corrected chi connectivity index (χ4v) is 6.43. The van der Waals surface area contributed by atoms with Gasteiger partial charge in [0.1, 0.15) is 11.6 Å². The quantitative estimate of drug-likeness (QED) is 0.320. The van der Waals surface area contributed by atoms with Crippen molar-refractivity contribution in [1.29, 1.82) is 0 Å². The van der Waals surface area contributed by atoms with Crippen molar-refractivity contribution in [1.82, 2.24) is 9.55 Å². The number of halogens is 1. The monoisotopic (exact) mass is 501 g/mol. The molecule has 3 aromatic carbocycles. The lowest BCUT2D eigenvalue weighted by Gasteiger charge is -2.39. The third-order valence-electron chi connectivity index (χ3n) is 7.41. The SMILES string of the molecule is COc1cccc2c1N(CCCn1c(C)nc3ccccc31)C[C@@H]1Cc3ccc(Br)cc3[C@H]21. The molecule has 1 aromatic heterocycles. The van der Waals surface area contributed by atoms with E-state index >= 15 is 0 Å². The molecule has 168 valence electrons. The molecule has 0 saturated heterocycles. The van der Waals surface area contributed by atoms with Gasteiger partial charge in [0.15, 0.2) is 0 Å². The van der Waals surface area contributed by atoms with E-state index in [4.69, 9.17) is 9.72 Å². The van der Waals surface area contributed by atoms with Gasteiger partial charge in [-0.2, -0.15) is 0 Å². The number of rotatable bonds is 5. The van der Waals surface area contributed by atoms with Crippen molar-refractivity contribution in [3.63, 3.8) is 0 Å². The van der Waals surface area contributed by atoms with Crippen LogP contribution in [0, 0.1) is 12.8 Å². The van der Waals surface area contributed by atoms with Gasteiger partial charge >= 0.3 is 0 Å². The zero-order valence-electron chi connectivity index (χ0n) is 19.1. The summed E-state index contributed by atoms with van der Waals surface area (Å²) in [5, 5.41) is 0. The first kappa shape index (κ1) is 20.8. The minimum Gasteiger partial charge on any atom is -0.495 e. The lowest BCUT2D eigenvalue weighted by molar-refractivity contribution is 0.402. The van der Waals surface area contributed by atoms with Crippen molar-refractivity contribution in [2.45, 2.75) is 32.2 Å². The Bertz CT molecular complexity index is 1340. The number of imidazole rings is 1. The van der Waals surface area contributed by atoms with Crippen LogP contribution in [0.5, 0.6) is 5.75 Å². The number of nitrogens with zero attached hydrogens (tertiary/aromatic N) is 3. The number of fused-ring (bicyclic) bond motifs is 6. The van der Waals surface area contributed by atoms with E-state index in [1.54, 1.807) is 7.11 Å². The topological polar surface area (TPSA) is 30.3 Å². The maximum atomic E-state index is 5.87. The van der Waals surface area contributed by atoms with E-state index in [9.17, 15) is 0 Å². The molecule has 0 amide bonds. The number of ether oxygens (including phenoxy) is 1. The predicted molar refractivity (Wildman–Crippen MR) is 137 cm³/mol. The summed E-state index contributed by atoms with van der Waals surface area (Å²) < 4.78 is 9.38. The Balaban J connectivity index is 1.31. The largest absolute Gasteiger partial charge is 0.495 e. The van der Waals surface area contributed by atoms with Crippen molar-refractivity contribution < 1.29 is 4.74 Å². The minimum absolute atomic E-state index is 0.443. The molecule has 0 spiro atoms. The van der Waals surface area contributed by atoms with Crippen LogP contribution >= 0.6 is 15.9 Å². The molecule has 5 heteroatoms. The number of aryl methyl sites for hydroxylation is 2. The first-order valence-electron chi connectivity index (χ1n) is 11.8. The Labute approximate surface area is 203 Å². The number of hydrogen-bond acceptors (Lipinski definition) is 3. The molecule has 2 aliphatic rings. The average Bonchev–Trinajstić information content (AvgIpc) is 3.35. The summed E-state index contributed by atoms with van der Waals surface area (Å²) in [7, 11) is 1.79. The van der Waals surface area contributed by atoms with E-state index in [1.807, 2.05) is 0 Å². The molecule has 0 unspecified atom stereocenters. The van der Waals surface area contributed by atoms with E-state index in [0.717, 1.165) is 54.0 Å². The van der Waals surface area contributed by atoms with Crippen LogP contribution in [0.15, 0.2) is 65.1 Å². The molecule has 0 radical (unpaired) electrons. The van der Waals surface area contributed by atoms with Crippen molar-refractivity contribution in [3.8, 4) is 5.75 Å². The molecule has 2 atom stereocenters. The zero-order valence-corrected chi connectivity index (χ0v) is 20.7. The van der Waals surface area contributed by atoms with E-state index in [2.05, 4.69) is 93.0 Å². The smallest absolute Gasteiger partial charge is 0.142 e. The van der Waals surface area contributed by atoms with Gasteiger partial charge in [0, 0.05) is 30.0 Å². The number of para-hydroxylation sites is 3. The Morgan fingerprint density at radius 3 is 2.79 bits per heavy atom. The molecule has 6 rings (SSSR count). The molecule has 0 bridgehead atoms. The molecule has 0 N–H and O–H groups in total. The zero-order chi connectivity index (χ0) is 22.5. The second kappa shape index (κ2) is 8.21. The summed E-state index contributed by atoms with van der Waals surface area (Å²) in [5.41, 5.74) is 7.96. The molecule has 1 aliphatic carbocycles. The lowest BCUT2D eigenvalue weighted by Crippen LogP contribution is -2.38. The van der Waals surface area contributed by atoms with Gasteiger partial charge in [0.05, 0.1) is 23.8 Å². The van der Waals surface area contributed by atoms with E-state index in [1.165, 1.54) is 27.9 Å². The van der Waals surface area contributed by atoms with Gasteiger partial charge in [-0.15, -0.1) is 0 Å². The van der Waals surface area contributed by atoms with Gasteiger partial charge in [0.2, 0.25) is 0 Å². The van der Waals surface area contributed by atoms with Crippen molar-refractivity contribution in [2.75, 3.05) is 25.1 Å². The number of hydrogen-bond donors (Lipinski definition) is 0. The average molecular weight is 502 g/mol. The standard InChI is InChI=1S/C28H28BrN3O/c1-18-30-24-8-3-4-9-25(24)32(18)14-6-13-31-17-20-15-19-11-12-21(29)16-23(19)27(20)22-7-5-10-26(33-2)28(22)31/h3-5,7-12,16,20,27H,6,13-15,17H2,1-2H3/t20-,27-/m0/s1. The summed E-state index contributed by atoms with van der Waals surface area (Å²) in [4.78, 5) is 7.32. The third-order valence-corrected chi connectivity index (χ3v) is 7.90. The van der Waals surface area contributed by atoms with Gasteiger partial charge in [-0.3, -0.25) is 0 Å². The summed E-state index contributed by atoms with van der Waals surface area (Å²) in [6, 6.07) is 21.8. The number of benzene rings is 3. The van der Waals surface area contributed by atoms with Crippen molar-refractivity contribution in [2.24, 2.45) is 5.92 Å². The Hall–Kier alpha value is -2.79. The summed E-state index contributed by atoms with van der Waals surface area (Å²) in [6.07, 6.45) is 2.21. The first-order valence-corrected chi connectivity index (χ1v) is 12.6. The van der Waals surface area contributed by atoms with Gasteiger partial charge in [-0.05, 0) is 72.7 Å². The molecular formula is C28H28BrN3O. The fourth-order valence-electron chi connectivity index (χ4n) is 6.06. The van der Waals surface area contributed by atoms with Crippen LogP contribution in [0.3, 0.4) is 0 Å². The lowest BCUT2D eigenvalue weighted by atomic mass is 9.81. The second-order valence-corrected chi connectivity index (χ2v) is 10.2. The van der Waals surface area contributed by atoms with Gasteiger partial charge in [-0.25, -0.2) is 4.98 Å². The number of aromatic nitrogens is 2. The first-order chi connectivity index (χ1) is 16.1. The van der Waals surface area contributed by atoms with E-state index in [-0.39, 0.29) is 0 Å². The molecule has 0 saturated carbocycles. The molecule has 4 nitrogen and oxygen atoms in total. The van der Waals surface area contributed by atoms with E-state index in [0.29, 0.717) is 11.8 Å². The Kier molecular flexibility index (Phi) is 5.17. The minimum atomic E-state index is 0.443. The highest BCUT2D eigenvalue weighted by Crippen LogP contribution is 2.52. The number of anilines is 1. The molecule has 4 aromatic rings. The highest BCUT2D eigenvalue weighted by Gasteiger charge is 2.41. The van der Waals surface area contributed by atoms with Crippen LogP contribution in [0.2, 0.25) is 0 Å². The highest BCUT2D eigenvalue weighted by atomic mass is 79.9. The van der Waals surface area contributed by atoms with Crippen molar-refractivity contribution >= 4 is 32.7 Å². The molecular weight excluding hydrogens is 474 g/mol. The van der Waals surface area contributed by atoms with Gasteiger partial charge < -0.3 is 14.2 Å². The highest BCUT2D eigenvalue weighted by molar-refractivity contribution is 9.10. The van der Waals surface area contributed by atoms with Crippen LogP contribution in [0.25, 0.3) is 11.0 Å². The Morgan fingerprint density at radius 2 is 1.91 bits per heavy atom. The number of methoxy groups -OCH3 is 1. The molecule has 2 heterocycles. The Morgan fingerprint density at radius 1 is 1.03 bits per heavy atom. The molecule has 1 aliphatic heterocycles. The fraction of sp³-hybridized carbons (Fsp3) is 0.321. The van der Waals surface area contributed by atoms with Crippen LogP contribution in [-0.2, 0) is 13.0 Å². The van der Waals surface area contributed by atoms with Gasteiger partial charge in [0.25, 0.3) is 0 Å². The van der Waals surface area contributed by atoms with Crippen LogP contribution < -0.4 is 9.64 Å². The second-order valence-electron chi connectivity index (χ2n) is 9.28. The molecule has 0 fully saturated rings. The van der Waals surface area contributed by atoms with Gasteiger partial charge in [-0.1, -0.05) is 46.3 Å². The predicted octanol–water partition coefficient (Wildman–Crippen LogP) is 6.33. The van der Waals surface area contributed by atoms with Crippen LogP contribution in [-0.4, -0.2) is 29.8 Å². The molecule has 33 heavy (non-hydrogen) atoms. The summed E-state index contributed by atoms with van der Waals surface area (Å²) in [6.45, 7) is 5.14. The third kappa shape index (κ3) is 3.45. The normalized spacial score (nSPS) is 18.8.